The summed E-state index contributed by atoms with van der Waals surface area (Å²) in [5, 5.41) is 0.576. The van der Waals surface area contributed by atoms with Gasteiger partial charge in [0.05, 0.1) is 0 Å². The van der Waals surface area contributed by atoms with Crippen LogP contribution in [0.25, 0.3) is 0 Å². The highest BCUT2D eigenvalue weighted by atomic mass is 35.5. The average Bonchev–Trinajstić information content (AvgIpc) is 2.69. The molecule has 0 aromatic carbocycles. The summed E-state index contributed by atoms with van der Waals surface area (Å²) in [6, 6.07) is 4.70. The third-order valence-corrected chi connectivity index (χ3v) is 3.37. The lowest BCUT2D eigenvalue weighted by atomic mass is 10.1. The van der Waals surface area contributed by atoms with Crippen molar-refractivity contribution in [2.75, 3.05) is 6.54 Å². The van der Waals surface area contributed by atoms with Gasteiger partial charge in [-0.1, -0.05) is 24.6 Å². The minimum Gasteiger partial charge on any atom is -0.296 e. The molecule has 15 heavy (non-hydrogen) atoms. The van der Waals surface area contributed by atoms with E-state index in [2.05, 4.69) is 22.9 Å². The fourth-order valence-electron chi connectivity index (χ4n) is 2.30. The minimum atomic E-state index is 0.576. The van der Waals surface area contributed by atoms with Gasteiger partial charge in [0, 0.05) is 18.8 Å². The van der Waals surface area contributed by atoms with Crippen molar-refractivity contribution in [1.82, 2.24) is 9.88 Å². The molecular formula is C12H17ClN2. The number of hydrogen-bond donors (Lipinski definition) is 0. The predicted molar refractivity (Wildman–Crippen MR) is 63.0 cm³/mol. The van der Waals surface area contributed by atoms with Crippen molar-refractivity contribution in [2.45, 2.75) is 38.8 Å². The monoisotopic (exact) mass is 224 g/mol. The van der Waals surface area contributed by atoms with Gasteiger partial charge in [0.1, 0.15) is 5.15 Å². The highest BCUT2D eigenvalue weighted by molar-refractivity contribution is 6.29. The molecule has 1 aromatic rings. The zero-order chi connectivity index (χ0) is 10.7. The lowest BCUT2D eigenvalue weighted by molar-refractivity contribution is 0.240. The number of rotatable bonds is 3. The van der Waals surface area contributed by atoms with Crippen molar-refractivity contribution in [3.05, 3.63) is 29.0 Å². The molecule has 1 fully saturated rings. The fourth-order valence-corrected chi connectivity index (χ4v) is 2.41. The molecule has 0 N–H and O–H groups in total. The molecule has 0 spiro atoms. The summed E-state index contributed by atoms with van der Waals surface area (Å²) in [7, 11) is 0. The summed E-state index contributed by atoms with van der Waals surface area (Å²) in [5.41, 5.74) is 1.26. The summed E-state index contributed by atoms with van der Waals surface area (Å²) in [6.07, 6.45) is 5.81. The molecule has 2 nitrogen and oxygen atoms in total. The molecule has 2 heterocycles. The number of likely N-dealkylation sites (tertiary alicyclic amines) is 1. The molecule has 0 amide bonds. The first-order valence-electron chi connectivity index (χ1n) is 5.64. The Bertz CT molecular complexity index is 310. The topological polar surface area (TPSA) is 16.1 Å². The molecule has 1 saturated heterocycles. The van der Waals surface area contributed by atoms with Crippen molar-refractivity contribution in [3.63, 3.8) is 0 Å². The Labute approximate surface area is 96.3 Å². The van der Waals surface area contributed by atoms with Crippen molar-refractivity contribution in [2.24, 2.45) is 0 Å². The van der Waals surface area contributed by atoms with Crippen molar-refractivity contribution in [3.8, 4) is 0 Å². The van der Waals surface area contributed by atoms with E-state index in [-0.39, 0.29) is 0 Å². The second-order valence-corrected chi connectivity index (χ2v) is 4.55. The van der Waals surface area contributed by atoms with Gasteiger partial charge in [0.2, 0.25) is 0 Å². The van der Waals surface area contributed by atoms with E-state index in [0.29, 0.717) is 5.15 Å². The molecule has 0 bridgehead atoms. The summed E-state index contributed by atoms with van der Waals surface area (Å²) in [4.78, 5) is 6.66. The van der Waals surface area contributed by atoms with Gasteiger partial charge in [0.15, 0.2) is 0 Å². The smallest absolute Gasteiger partial charge is 0.129 e. The van der Waals surface area contributed by atoms with E-state index in [4.69, 9.17) is 11.6 Å². The fraction of sp³-hybridized carbons (Fsp3) is 0.583. The maximum atomic E-state index is 5.76. The lowest BCUT2D eigenvalue weighted by Crippen LogP contribution is -2.28. The third kappa shape index (κ3) is 2.70. The molecule has 3 heteroatoms. The quantitative estimate of drug-likeness (QED) is 0.734. The minimum absolute atomic E-state index is 0.576. The Morgan fingerprint density at radius 3 is 3.07 bits per heavy atom. The van der Waals surface area contributed by atoms with Gasteiger partial charge in [-0.3, -0.25) is 4.90 Å². The lowest BCUT2D eigenvalue weighted by Gasteiger charge is -2.22. The first-order chi connectivity index (χ1) is 7.29. The number of aromatic nitrogens is 1. The predicted octanol–water partition coefficient (Wildman–Crippen LogP) is 3.11. The second kappa shape index (κ2) is 4.95. The largest absolute Gasteiger partial charge is 0.296 e. The van der Waals surface area contributed by atoms with Crippen LogP contribution >= 0.6 is 11.6 Å². The van der Waals surface area contributed by atoms with Crippen LogP contribution in [0.5, 0.6) is 0 Å². The zero-order valence-corrected chi connectivity index (χ0v) is 9.87. The Hall–Kier alpha value is -0.600. The molecule has 1 atom stereocenters. The number of nitrogens with zero attached hydrogens (tertiary/aromatic N) is 2. The molecule has 0 radical (unpaired) electrons. The Morgan fingerprint density at radius 1 is 1.53 bits per heavy atom. The van der Waals surface area contributed by atoms with E-state index >= 15 is 0 Å². The number of hydrogen-bond acceptors (Lipinski definition) is 2. The molecule has 82 valence electrons. The van der Waals surface area contributed by atoms with Crippen LogP contribution in [0, 0.1) is 0 Å². The van der Waals surface area contributed by atoms with Crippen molar-refractivity contribution in [1.29, 1.82) is 0 Å². The van der Waals surface area contributed by atoms with Crippen molar-refractivity contribution >= 4 is 11.6 Å². The normalized spacial score (nSPS) is 22.1. The molecule has 2 rings (SSSR count). The molecular weight excluding hydrogens is 208 g/mol. The van der Waals surface area contributed by atoms with Gasteiger partial charge in [-0.05, 0) is 37.4 Å². The van der Waals surface area contributed by atoms with Crippen LogP contribution in [0.4, 0.5) is 0 Å². The highest BCUT2D eigenvalue weighted by Gasteiger charge is 2.22. The Balaban J connectivity index is 1.99. The van der Waals surface area contributed by atoms with Crippen LogP contribution in [0.1, 0.15) is 31.7 Å². The Morgan fingerprint density at radius 2 is 2.40 bits per heavy atom. The van der Waals surface area contributed by atoms with Gasteiger partial charge in [-0.2, -0.15) is 0 Å². The first-order valence-corrected chi connectivity index (χ1v) is 6.02. The van der Waals surface area contributed by atoms with E-state index in [1.165, 1.54) is 31.4 Å². The van der Waals surface area contributed by atoms with Crippen LogP contribution in [0.15, 0.2) is 18.3 Å². The molecule has 0 aliphatic carbocycles. The average molecular weight is 225 g/mol. The number of halogens is 1. The summed E-state index contributed by atoms with van der Waals surface area (Å²) >= 11 is 5.76. The van der Waals surface area contributed by atoms with E-state index in [1.807, 2.05) is 12.3 Å². The first kappa shape index (κ1) is 10.9. The molecule has 1 aromatic heterocycles. The van der Waals surface area contributed by atoms with Crippen LogP contribution in [0.2, 0.25) is 5.15 Å². The summed E-state index contributed by atoms with van der Waals surface area (Å²) < 4.78 is 0. The number of pyridine rings is 1. The van der Waals surface area contributed by atoms with Crippen molar-refractivity contribution < 1.29 is 0 Å². The van der Waals surface area contributed by atoms with E-state index in [1.54, 1.807) is 0 Å². The standard InChI is InChI=1S/C12H17ClN2/c1-2-11-4-3-7-15(11)9-10-5-6-12(13)14-8-10/h5-6,8,11H,2-4,7,9H2,1H3. The maximum Gasteiger partial charge on any atom is 0.129 e. The molecule has 1 unspecified atom stereocenters. The molecule has 1 aliphatic heterocycles. The summed E-state index contributed by atoms with van der Waals surface area (Å²) in [5.74, 6) is 0. The van der Waals surface area contributed by atoms with E-state index in [9.17, 15) is 0 Å². The van der Waals surface area contributed by atoms with Gasteiger partial charge in [-0.25, -0.2) is 4.98 Å². The third-order valence-electron chi connectivity index (χ3n) is 3.14. The molecule has 0 saturated carbocycles. The SMILES string of the molecule is CCC1CCCN1Cc1ccc(Cl)nc1. The van der Waals surface area contributed by atoms with Crippen LogP contribution in [0.3, 0.4) is 0 Å². The second-order valence-electron chi connectivity index (χ2n) is 4.16. The van der Waals surface area contributed by atoms with E-state index in [0.717, 1.165) is 12.6 Å². The van der Waals surface area contributed by atoms with Gasteiger partial charge >= 0.3 is 0 Å². The maximum absolute atomic E-state index is 5.76. The highest BCUT2D eigenvalue weighted by Crippen LogP contribution is 2.22. The Kier molecular flexibility index (Phi) is 3.60. The van der Waals surface area contributed by atoms with Gasteiger partial charge in [0.25, 0.3) is 0 Å². The zero-order valence-electron chi connectivity index (χ0n) is 9.12. The van der Waals surface area contributed by atoms with E-state index < -0.39 is 0 Å². The van der Waals surface area contributed by atoms with Crippen LogP contribution < -0.4 is 0 Å². The van der Waals surface area contributed by atoms with Gasteiger partial charge < -0.3 is 0 Å². The van der Waals surface area contributed by atoms with Gasteiger partial charge in [-0.15, -0.1) is 0 Å². The van der Waals surface area contributed by atoms with Crippen LogP contribution in [-0.2, 0) is 6.54 Å². The summed E-state index contributed by atoms with van der Waals surface area (Å²) in [6.45, 7) is 4.51. The molecule has 1 aliphatic rings. The van der Waals surface area contributed by atoms with Crippen LogP contribution in [-0.4, -0.2) is 22.5 Å².